The lowest BCUT2D eigenvalue weighted by Crippen LogP contribution is -2.28. The molecule has 0 aliphatic heterocycles. The third kappa shape index (κ3) is 6.31. The second kappa shape index (κ2) is 10.9. The molecule has 22 heavy (non-hydrogen) atoms. The number of rotatable bonds is 9. The lowest BCUT2D eigenvalue weighted by molar-refractivity contribution is -0.117. The highest BCUT2D eigenvalue weighted by Gasteiger charge is 2.17. The molecule has 0 aromatic heterocycles. The van der Waals surface area contributed by atoms with Gasteiger partial charge < -0.3 is 15.7 Å². The van der Waals surface area contributed by atoms with E-state index in [0.29, 0.717) is 0 Å². The van der Waals surface area contributed by atoms with E-state index in [1.165, 1.54) is 19.3 Å². The Labute approximate surface area is 133 Å². The molecule has 0 bridgehead atoms. The minimum atomic E-state index is -0.396. The van der Waals surface area contributed by atoms with Gasteiger partial charge in [-0.25, -0.2) is 0 Å². The highest BCUT2D eigenvalue weighted by molar-refractivity contribution is 5.98. The van der Waals surface area contributed by atoms with Crippen LogP contribution in [0.15, 0.2) is 22.9 Å². The van der Waals surface area contributed by atoms with E-state index >= 15 is 0 Å². The van der Waals surface area contributed by atoms with Crippen LogP contribution < -0.4 is 10.6 Å². The summed E-state index contributed by atoms with van der Waals surface area (Å²) >= 11 is 0. The summed E-state index contributed by atoms with van der Waals surface area (Å²) < 4.78 is 0. The Morgan fingerprint density at radius 1 is 1.32 bits per heavy atom. The minimum absolute atomic E-state index is 0.125. The van der Waals surface area contributed by atoms with E-state index in [2.05, 4.69) is 17.6 Å². The molecule has 3 N–H and O–H groups in total. The molecule has 1 aliphatic carbocycles. The van der Waals surface area contributed by atoms with Crippen LogP contribution in [-0.4, -0.2) is 30.7 Å². The largest absolute Gasteiger partial charge is 0.395 e. The molecule has 0 radical (unpaired) electrons. The molecule has 0 spiro atoms. The van der Waals surface area contributed by atoms with Crippen molar-refractivity contribution in [3.63, 3.8) is 0 Å². The van der Waals surface area contributed by atoms with Crippen molar-refractivity contribution in [3.05, 3.63) is 22.9 Å². The van der Waals surface area contributed by atoms with Crippen LogP contribution in [0.3, 0.4) is 0 Å². The van der Waals surface area contributed by atoms with Gasteiger partial charge in [-0.1, -0.05) is 26.2 Å². The summed E-state index contributed by atoms with van der Waals surface area (Å²) in [6.07, 6.45) is 9.46. The Morgan fingerprint density at radius 3 is 2.82 bits per heavy atom. The molecule has 0 aromatic rings. The van der Waals surface area contributed by atoms with E-state index in [9.17, 15) is 10.1 Å². The zero-order valence-electron chi connectivity index (χ0n) is 13.5. The van der Waals surface area contributed by atoms with E-state index in [1.807, 2.05) is 12.1 Å². The van der Waals surface area contributed by atoms with Gasteiger partial charge in [0.05, 0.1) is 6.61 Å². The molecule has 1 aliphatic rings. The van der Waals surface area contributed by atoms with Crippen molar-refractivity contribution in [1.29, 1.82) is 5.26 Å². The minimum Gasteiger partial charge on any atom is -0.395 e. The molecule has 0 aromatic carbocycles. The summed E-state index contributed by atoms with van der Waals surface area (Å²) in [6.45, 7) is 3.18. The van der Waals surface area contributed by atoms with Crippen LogP contribution in [0.2, 0.25) is 0 Å². The second-order valence-electron chi connectivity index (χ2n) is 5.50. The Kier molecular flexibility index (Phi) is 9.01. The van der Waals surface area contributed by atoms with Crippen molar-refractivity contribution in [2.45, 2.75) is 51.9 Å². The van der Waals surface area contributed by atoms with Crippen molar-refractivity contribution in [3.8, 4) is 6.07 Å². The number of allylic oxidation sites excluding steroid dienone is 3. The Balaban J connectivity index is 2.64. The van der Waals surface area contributed by atoms with Crippen LogP contribution in [0.1, 0.15) is 51.9 Å². The number of nitrogens with one attached hydrogen (secondary N) is 2. The first-order valence-corrected chi connectivity index (χ1v) is 8.19. The average Bonchev–Trinajstić information content (AvgIpc) is 2.54. The van der Waals surface area contributed by atoms with Gasteiger partial charge in [0.15, 0.2) is 0 Å². The predicted octanol–water partition coefficient (Wildman–Crippen LogP) is 2.15. The first-order chi connectivity index (χ1) is 10.7. The molecule has 0 fully saturated rings. The summed E-state index contributed by atoms with van der Waals surface area (Å²) in [6, 6.07) is 2.00. The van der Waals surface area contributed by atoms with Crippen molar-refractivity contribution in [2.75, 3.05) is 19.7 Å². The Bertz CT molecular complexity index is 461. The zero-order valence-corrected chi connectivity index (χ0v) is 13.5. The molecule has 0 saturated carbocycles. The van der Waals surface area contributed by atoms with E-state index in [1.54, 1.807) is 0 Å². The molecule has 0 unspecified atom stereocenters. The number of unbranched alkanes of at least 4 members (excludes halogenated alkanes) is 3. The SMILES string of the molecule is CCCCCCNC1=C/C(=C(/C#N)C(=O)NCCO)CCC1. The lowest BCUT2D eigenvalue weighted by atomic mass is 9.95. The molecule has 1 amide bonds. The first-order valence-electron chi connectivity index (χ1n) is 8.19. The van der Waals surface area contributed by atoms with Crippen LogP contribution in [0, 0.1) is 11.3 Å². The van der Waals surface area contributed by atoms with Gasteiger partial charge in [-0.2, -0.15) is 5.26 Å². The van der Waals surface area contributed by atoms with Crippen LogP contribution in [-0.2, 0) is 4.79 Å². The van der Waals surface area contributed by atoms with Gasteiger partial charge in [0.1, 0.15) is 11.6 Å². The number of hydrogen-bond donors (Lipinski definition) is 3. The Morgan fingerprint density at radius 2 is 2.14 bits per heavy atom. The van der Waals surface area contributed by atoms with E-state index in [-0.39, 0.29) is 18.7 Å². The maximum atomic E-state index is 11.9. The molecular formula is C17H27N3O2. The van der Waals surface area contributed by atoms with E-state index in [4.69, 9.17) is 5.11 Å². The van der Waals surface area contributed by atoms with Crippen LogP contribution in [0.25, 0.3) is 0 Å². The number of amides is 1. The summed E-state index contributed by atoms with van der Waals surface area (Å²) in [5, 5.41) is 23.9. The van der Waals surface area contributed by atoms with Gasteiger partial charge in [-0.3, -0.25) is 4.79 Å². The van der Waals surface area contributed by atoms with E-state index in [0.717, 1.165) is 43.5 Å². The Hall–Kier alpha value is -1.80. The molecule has 0 saturated heterocycles. The smallest absolute Gasteiger partial charge is 0.262 e. The third-order valence-electron chi connectivity index (χ3n) is 3.68. The fourth-order valence-corrected chi connectivity index (χ4v) is 2.49. The van der Waals surface area contributed by atoms with Gasteiger partial charge in [-0.05, 0) is 37.3 Å². The number of nitrogens with zero attached hydrogens (tertiary/aromatic N) is 1. The molecule has 5 nitrogen and oxygen atoms in total. The molecule has 1 rings (SSSR count). The van der Waals surface area contributed by atoms with Crippen LogP contribution >= 0.6 is 0 Å². The summed E-state index contributed by atoms with van der Waals surface area (Å²) in [5.74, 6) is -0.396. The molecule has 122 valence electrons. The van der Waals surface area contributed by atoms with Gasteiger partial charge in [0, 0.05) is 18.8 Å². The molecular weight excluding hydrogens is 278 g/mol. The van der Waals surface area contributed by atoms with Gasteiger partial charge in [0.25, 0.3) is 5.91 Å². The van der Waals surface area contributed by atoms with Gasteiger partial charge in [-0.15, -0.1) is 0 Å². The number of carbonyl (C=O) groups excluding carboxylic acids is 1. The van der Waals surface area contributed by atoms with Crippen molar-refractivity contribution >= 4 is 5.91 Å². The molecule has 5 heteroatoms. The van der Waals surface area contributed by atoms with Gasteiger partial charge in [0.2, 0.25) is 0 Å². The number of aliphatic hydroxyl groups excluding tert-OH is 1. The summed E-state index contributed by atoms with van der Waals surface area (Å²) in [5.41, 5.74) is 2.07. The van der Waals surface area contributed by atoms with Crippen molar-refractivity contribution < 1.29 is 9.90 Å². The maximum Gasteiger partial charge on any atom is 0.262 e. The fourth-order valence-electron chi connectivity index (χ4n) is 2.49. The standard InChI is InChI=1S/C17H27N3O2/c1-2-3-4-5-9-19-15-8-6-7-14(12-15)16(13-18)17(22)20-10-11-21/h12,19,21H,2-11H2,1H3,(H,20,22)/b16-14-. The number of carbonyl (C=O) groups is 1. The van der Waals surface area contributed by atoms with E-state index < -0.39 is 5.91 Å². The number of aliphatic hydroxyl groups is 1. The number of hydrogen-bond acceptors (Lipinski definition) is 4. The zero-order chi connectivity index (χ0) is 16.2. The lowest BCUT2D eigenvalue weighted by Gasteiger charge is -2.18. The second-order valence-corrected chi connectivity index (χ2v) is 5.50. The van der Waals surface area contributed by atoms with Crippen molar-refractivity contribution in [1.82, 2.24) is 10.6 Å². The maximum absolute atomic E-state index is 11.9. The average molecular weight is 305 g/mol. The molecule has 0 atom stereocenters. The first kappa shape index (κ1) is 18.2. The van der Waals surface area contributed by atoms with Crippen LogP contribution in [0.5, 0.6) is 0 Å². The highest BCUT2D eigenvalue weighted by atomic mass is 16.3. The molecule has 0 heterocycles. The van der Waals surface area contributed by atoms with Crippen LogP contribution in [0.4, 0.5) is 0 Å². The highest BCUT2D eigenvalue weighted by Crippen LogP contribution is 2.23. The number of nitriles is 1. The third-order valence-corrected chi connectivity index (χ3v) is 3.68. The summed E-state index contributed by atoms with van der Waals surface area (Å²) in [4.78, 5) is 11.9. The topological polar surface area (TPSA) is 85.2 Å². The fraction of sp³-hybridized carbons (Fsp3) is 0.647. The van der Waals surface area contributed by atoms with Crippen molar-refractivity contribution in [2.24, 2.45) is 0 Å². The predicted molar refractivity (Wildman–Crippen MR) is 86.8 cm³/mol. The summed E-state index contributed by atoms with van der Waals surface area (Å²) in [7, 11) is 0. The van der Waals surface area contributed by atoms with Gasteiger partial charge >= 0.3 is 0 Å². The normalized spacial score (nSPS) is 16.5. The monoisotopic (exact) mass is 305 g/mol. The quantitative estimate of drug-likeness (QED) is 0.346.